The van der Waals surface area contributed by atoms with Crippen LogP contribution in [0.3, 0.4) is 0 Å². The normalized spacial score (nSPS) is 19.2. The molecule has 0 saturated carbocycles. The van der Waals surface area contributed by atoms with Gasteiger partial charge in [-0.05, 0) is 36.6 Å². The summed E-state index contributed by atoms with van der Waals surface area (Å²) in [4.78, 5) is 23.1. The number of benzene rings is 1. The molecule has 34 heavy (non-hydrogen) atoms. The molecule has 2 aromatic heterocycles. The minimum atomic E-state index is -3.61. The van der Waals surface area contributed by atoms with E-state index >= 15 is 0 Å². The summed E-state index contributed by atoms with van der Waals surface area (Å²) in [5, 5.41) is 4.06. The molecule has 0 unspecified atom stereocenters. The summed E-state index contributed by atoms with van der Waals surface area (Å²) in [5.41, 5.74) is 7.56. The van der Waals surface area contributed by atoms with Gasteiger partial charge in [-0.25, -0.2) is 23.1 Å². The van der Waals surface area contributed by atoms with Crippen molar-refractivity contribution >= 4 is 21.8 Å². The highest BCUT2D eigenvalue weighted by Crippen LogP contribution is 2.29. The number of sulfonamides is 1. The number of fused-ring (bicyclic) bond motifs is 1. The number of likely N-dealkylation sites (tertiary alicyclic amines) is 1. The molecule has 1 atom stereocenters. The zero-order valence-corrected chi connectivity index (χ0v) is 19.1. The number of hydrogen-bond donors (Lipinski definition) is 1. The number of ether oxygens (including phenoxy) is 1. The average molecular weight is 482 g/mol. The highest BCUT2D eigenvalue weighted by atomic mass is 32.2. The SMILES string of the molecule is NC1=NS(=O)(=O)Cc2cccc(OC[C@H]3CCCN(C(=O)c4ccnc(-n5cncn5)c4)C3)c21. The van der Waals surface area contributed by atoms with Gasteiger partial charge < -0.3 is 15.4 Å². The Hall–Kier alpha value is -3.80. The fraction of sp³-hybridized carbons (Fsp3) is 0.318. The second-order valence-electron chi connectivity index (χ2n) is 8.31. The first kappa shape index (κ1) is 22.0. The first-order chi connectivity index (χ1) is 16.4. The van der Waals surface area contributed by atoms with Crippen LogP contribution in [0.1, 0.15) is 34.3 Å². The van der Waals surface area contributed by atoms with Crippen molar-refractivity contribution in [3.63, 3.8) is 0 Å². The number of piperidine rings is 1. The molecule has 2 aliphatic heterocycles. The lowest BCUT2D eigenvalue weighted by Gasteiger charge is -2.33. The number of amides is 1. The third kappa shape index (κ3) is 4.49. The Kier molecular flexibility index (Phi) is 5.74. The van der Waals surface area contributed by atoms with Gasteiger partial charge in [0.25, 0.3) is 15.9 Å². The molecule has 176 valence electrons. The minimum absolute atomic E-state index is 0.0572. The number of rotatable bonds is 5. The molecule has 1 amide bonds. The summed E-state index contributed by atoms with van der Waals surface area (Å²) in [6.45, 7) is 1.59. The van der Waals surface area contributed by atoms with Crippen LogP contribution >= 0.6 is 0 Å². The molecule has 1 saturated heterocycles. The fourth-order valence-corrected chi connectivity index (χ4v) is 5.40. The maximum Gasteiger partial charge on any atom is 0.259 e. The molecule has 1 fully saturated rings. The first-order valence-electron chi connectivity index (χ1n) is 10.8. The van der Waals surface area contributed by atoms with Crippen LogP contribution in [0, 0.1) is 5.92 Å². The van der Waals surface area contributed by atoms with Gasteiger partial charge in [0.1, 0.15) is 24.2 Å². The van der Waals surface area contributed by atoms with Gasteiger partial charge in [-0.1, -0.05) is 12.1 Å². The predicted molar refractivity (Wildman–Crippen MR) is 123 cm³/mol. The second-order valence-corrected chi connectivity index (χ2v) is 9.94. The molecule has 12 heteroatoms. The summed E-state index contributed by atoms with van der Waals surface area (Å²) < 4.78 is 35.0. The Morgan fingerprint density at radius 1 is 1.26 bits per heavy atom. The fourth-order valence-electron chi connectivity index (χ4n) is 4.31. The van der Waals surface area contributed by atoms with Crippen molar-refractivity contribution in [2.24, 2.45) is 16.0 Å². The number of nitrogens with zero attached hydrogens (tertiary/aromatic N) is 6. The lowest BCUT2D eigenvalue weighted by molar-refractivity contribution is 0.0633. The quantitative estimate of drug-likeness (QED) is 0.571. The lowest BCUT2D eigenvalue weighted by Crippen LogP contribution is -2.41. The van der Waals surface area contributed by atoms with Gasteiger partial charge in [0, 0.05) is 30.8 Å². The third-order valence-electron chi connectivity index (χ3n) is 5.87. The summed E-state index contributed by atoms with van der Waals surface area (Å²) >= 11 is 0. The number of hydrogen-bond acceptors (Lipinski definition) is 8. The predicted octanol–water partition coefficient (Wildman–Crippen LogP) is 1.14. The van der Waals surface area contributed by atoms with Crippen LogP contribution in [0.25, 0.3) is 5.82 Å². The third-order valence-corrected chi connectivity index (χ3v) is 7.02. The van der Waals surface area contributed by atoms with Crippen LogP contribution in [0.5, 0.6) is 5.75 Å². The van der Waals surface area contributed by atoms with Crippen molar-refractivity contribution in [2.45, 2.75) is 18.6 Å². The topological polar surface area (TPSA) is 146 Å². The Morgan fingerprint density at radius 2 is 2.15 bits per heavy atom. The van der Waals surface area contributed by atoms with E-state index in [1.807, 2.05) is 4.90 Å². The second kappa shape index (κ2) is 8.86. The van der Waals surface area contributed by atoms with Gasteiger partial charge in [0.15, 0.2) is 5.82 Å². The van der Waals surface area contributed by atoms with Crippen molar-refractivity contribution in [3.05, 3.63) is 65.9 Å². The van der Waals surface area contributed by atoms with Gasteiger partial charge in [0.2, 0.25) is 0 Å². The molecule has 2 N–H and O–H groups in total. The molecule has 0 spiro atoms. The summed E-state index contributed by atoms with van der Waals surface area (Å²) in [6.07, 6.45) is 6.29. The van der Waals surface area contributed by atoms with Crippen LogP contribution in [0.15, 0.2) is 53.6 Å². The highest BCUT2D eigenvalue weighted by Gasteiger charge is 2.28. The van der Waals surface area contributed by atoms with Crippen molar-refractivity contribution < 1.29 is 17.9 Å². The van der Waals surface area contributed by atoms with Crippen molar-refractivity contribution in [3.8, 4) is 11.6 Å². The number of nitrogens with two attached hydrogens (primary N) is 1. The molecule has 11 nitrogen and oxygen atoms in total. The minimum Gasteiger partial charge on any atom is -0.492 e. The van der Waals surface area contributed by atoms with E-state index in [0.29, 0.717) is 48.0 Å². The molecule has 4 heterocycles. The number of carbonyl (C=O) groups excluding carboxylic acids is 1. The zero-order valence-electron chi connectivity index (χ0n) is 18.2. The largest absolute Gasteiger partial charge is 0.492 e. The van der Waals surface area contributed by atoms with Gasteiger partial charge in [-0.2, -0.15) is 5.10 Å². The maximum atomic E-state index is 13.2. The van der Waals surface area contributed by atoms with Crippen LogP contribution in [-0.2, 0) is 15.8 Å². The smallest absolute Gasteiger partial charge is 0.259 e. The highest BCUT2D eigenvalue weighted by molar-refractivity contribution is 7.89. The molecule has 1 aromatic carbocycles. The van der Waals surface area contributed by atoms with Crippen molar-refractivity contribution in [1.29, 1.82) is 0 Å². The molecule has 0 aliphatic carbocycles. The van der Waals surface area contributed by atoms with Crippen LogP contribution in [-0.4, -0.2) is 64.5 Å². The number of pyridine rings is 1. The molecule has 3 aromatic rings. The Labute approximate surface area is 196 Å². The van der Waals surface area contributed by atoms with E-state index in [1.54, 1.807) is 36.5 Å². The van der Waals surface area contributed by atoms with E-state index in [4.69, 9.17) is 10.5 Å². The Bertz CT molecular complexity index is 1360. The van der Waals surface area contributed by atoms with Crippen LogP contribution < -0.4 is 10.5 Å². The van der Waals surface area contributed by atoms with Crippen molar-refractivity contribution in [1.82, 2.24) is 24.6 Å². The maximum absolute atomic E-state index is 13.2. The lowest BCUT2D eigenvalue weighted by atomic mass is 9.98. The average Bonchev–Trinajstić information content (AvgIpc) is 3.37. The van der Waals surface area contributed by atoms with E-state index in [-0.39, 0.29) is 23.4 Å². The van der Waals surface area contributed by atoms with E-state index in [9.17, 15) is 13.2 Å². The molecular weight excluding hydrogens is 458 g/mol. The van der Waals surface area contributed by atoms with Gasteiger partial charge >= 0.3 is 0 Å². The Morgan fingerprint density at radius 3 is 2.97 bits per heavy atom. The standard InChI is InChI=1S/C22H23N7O4S/c23-21-20-17(12-34(31,32)27-21)4-1-5-18(20)33-11-15-3-2-8-28(10-15)22(30)16-6-7-25-19(9-16)29-14-24-13-26-29/h1,4-7,9,13-15H,2-3,8,10-12H2,(H2,23,27)/t15-/m0/s1. The Balaban J connectivity index is 1.27. The van der Waals surface area contributed by atoms with E-state index in [2.05, 4.69) is 19.5 Å². The summed E-state index contributed by atoms with van der Waals surface area (Å²) in [5.74, 6) is 0.814. The molecular formula is C22H23N7O4S. The van der Waals surface area contributed by atoms with E-state index in [1.165, 1.54) is 17.3 Å². The van der Waals surface area contributed by atoms with E-state index < -0.39 is 10.0 Å². The molecule has 0 bridgehead atoms. The first-order valence-corrected chi connectivity index (χ1v) is 12.4. The monoisotopic (exact) mass is 481 g/mol. The van der Waals surface area contributed by atoms with Crippen molar-refractivity contribution in [2.75, 3.05) is 19.7 Å². The molecule has 5 rings (SSSR count). The summed E-state index contributed by atoms with van der Waals surface area (Å²) in [7, 11) is -3.61. The molecule has 0 radical (unpaired) electrons. The van der Waals surface area contributed by atoms with Crippen LogP contribution in [0.4, 0.5) is 0 Å². The van der Waals surface area contributed by atoms with Crippen LogP contribution in [0.2, 0.25) is 0 Å². The van der Waals surface area contributed by atoms with E-state index in [0.717, 1.165) is 12.8 Å². The van der Waals surface area contributed by atoms with Gasteiger partial charge in [-0.15, -0.1) is 4.40 Å². The zero-order chi connectivity index (χ0) is 23.7. The van der Waals surface area contributed by atoms with Gasteiger partial charge in [-0.3, -0.25) is 4.79 Å². The number of amidine groups is 1. The molecule has 2 aliphatic rings. The number of carbonyl (C=O) groups is 1. The van der Waals surface area contributed by atoms with Gasteiger partial charge in [0.05, 0.1) is 17.9 Å². The summed E-state index contributed by atoms with van der Waals surface area (Å²) in [6, 6.07) is 8.60. The number of aromatic nitrogens is 4.